The smallest absolute Gasteiger partial charge is 0.0939 e. The predicted molar refractivity (Wildman–Crippen MR) is 80.4 cm³/mol. The lowest BCUT2D eigenvalue weighted by Crippen LogP contribution is -2.39. The van der Waals surface area contributed by atoms with Crippen LogP contribution in [0.15, 0.2) is 17.1 Å². The molecule has 0 saturated carbocycles. The Morgan fingerprint density at radius 3 is 2.06 bits per heavy atom. The standard InChI is InChI=1S/C16H26N2/c1-11-8-12(2)15(13(3)9-11)10-17-14(4)18-16(5,6)7/h8-9H,10H2,1-7H3,(H,17,18). The maximum Gasteiger partial charge on any atom is 0.0939 e. The molecule has 0 fully saturated rings. The van der Waals surface area contributed by atoms with E-state index in [0.29, 0.717) is 0 Å². The fraction of sp³-hybridized carbons (Fsp3) is 0.562. The zero-order valence-electron chi connectivity index (χ0n) is 12.8. The molecule has 1 aromatic carbocycles. The summed E-state index contributed by atoms with van der Waals surface area (Å²) in [6.45, 7) is 15.7. The summed E-state index contributed by atoms with van der Waals surface area (Å²) in [6, 6.07) is 4.45. The van der Waals surface area contributed by atoms with Crippen LogP contribution in [0.5, 0.6) is 0 Å². The van der Waals surface area contributed by atoms with Crippen molar-refractivity contribution in [1.29, 1.82) is 0 Å². The zero-order chi connectivity index (χ0) is 13.9. The van der Waals surface area contributed by atoms with Crippen LogP contribution in [0.2, 0.25) is 0 Å². The molecule has 18 heavy (non-hydrogen) atoms. The summed E-state index contributed by atoms with van der Waals surface area (Å²) in [7, 11) is 0. The monoisotopic (exact) mass is 246 g/mol. The van der Waals surface area contributed by atoms with E-state index in [1.807, 2.05) is 6.92 Å². The van der Waals surface area contributed by atoms with Gasteiger partial charge in [-0.15, -0.1) is 0 Å². The van der Waals surface area contributed by atoms with Crippen LogP contribution in [-0.4, -0.2) is 11.4 Å². The number of rotatable bonds is 2. The van der Waals surface area contributed by atoms with E-state index in [4.69, 9.17) is 0 Å². The lowest BCUT2D eigenvalue weighted by molar-refractivity contribution is 0.509. The van der Waals surface area contributed by atoms with Crippen molar-refractivity contribution in [3.63, 3.8) is 0 Å². The molecule has 1 N–H and O–H groups in total. The van der Waals surface area contributed by atoms with Gasteiger partial charge in [0, 0.05) is 5.54 Å². The zero-order valence-corrected chi connectivity index (χ0v) is 12.8. The highest BCUT2D eigenvalue weighted by Crippen LogP contribution is 2.17. The molecular formula is C16H26N2. The number of hydrogen-bond acceptors (Lipinski definition) is 1. The normalized spacial score (nSPS) is 12.7. The third-order valence-corrected chi connectivity index (χ3v) is 2.87. The van der Waals surface area contributed by atoms with Crippen molar-refractivity contribution in [3.8, 4) is 0 Å². The molecule has 0 amide bonds. The molecule has 100 valence electrons. The Hall–Kier alpha value is -1.31. The molecule has 0 atom stereocenters. The summed E-state index contributed by atoms with van der Waals surface area (Å²) in [5, 5.41) is 3.39. The van der Waals surface area contributed by atoms with Crippen molar-refractivity contribution in [2.45, 2.75) is 60.5 Å². The van der Waals surface area contributed by atoms with E-state index in [1.54, 1.807) is 0 Å². The van der Waals surface area contributed by atoms with Crippen molar-refractivity contribution in [2.24, 2.45) is 4.99 Å². The van der Waals surface area contributed by atoms with Gasteiger partial charge in [-0.25, -0.2) is 0 Å². The Labute approximate surface area is 112 Å². The number of aliphatic imine (C=N–C) groups is 1. The van der Waals surface area contributed by atoms with Crippen molar-refractivity contribution in [1.82, 2.24) is 5.32 Å². The first-order chi connectivity index (χ1) is 8.19. The lowest BCUT2D eigenvalue weighted by atomic mass is 10.00. The third-order valence-electron chi connectivity index (χ3n) is 2.87. The molecule has 0 unspecified atom stereocenters. The second-order valence-corrected chi connectivity index (χ2v) is 6.15. The summed E-state index contributed by atoms with van der Waals surface area (Å²) in [4.78, 5) is 4.64. The summed E-state index contributed by atoms with van der Waals surface area (Å²) in [5.41, 5.74) is 5.41. The van der Waals surface area contributed by atoms with E-state index in [-0.39, 0.29) is 5.54 Å². The molecule has 0 bridgehead atoms. The maximum absolute atomic E-state index is 4.64. The van der Waals surface area contributed by atoms with Crippen LogP contribution in [0, 0.1) is 20.8 Å². The van der Waals surface area contributed by atoms with E-state index < -0.39 is 0 Å². The van der Waals surface area contributed by atoms with Crippen molar-refractivity contribution >= 4 is 5.84 Å². The van der Waals surface area contributed by atoms with Gasteiger partial charge in [-0.2, -0.15) is 0 Å². The first kappa shape index (κ1) is 14.7. The maximum atomic E-state index is 4.64. The van der Waals surface area contributed by atoms with E-state index in [2.05, 4.69) is 64.0 Å². The van der Waals surface area contributed by atoms with E-state index in [0.717, 1.165) is 12.4 Å². The van der Waals surface area contributed by atoms with Crippen LogP contribution < -0.4 is 5.32 Å². The lowest BCUT2D eigenvalue weighted by Gasteiger charge is -2.21. The Morgan fingerprint density at radius 1 is 1.11 bits per heavy atom. The second kappa shape index (κ2) is 5.55. The van der Waals surface area contributed by atoms with Gasteiger partial charge in [0.1, 0.15) is 0 Å². The van der Waals surface area contributed by atoms with Crippen LogP contribution in [0.3, 0.4) is 0 Å². The second-order valence-electron chi connectivity index (χ2n) is 6.15. The first-order valence-corrected chi connectivity index (χ1v) is 6.55. The highest BCUT2D eigenvalue weighted by atomic mass is 15.0. The van der Waals surface area contributed by atoms with Crippen molar-refractivity contribution in [2.75, 3.05) is 0 Å². The van der Waals surface area contributed by atoms with Crippen LogP contribution in [0.4, 0.5) is 0 Å². The first-order valence-electron chi connectivity index (χ1n) is 6.55. The quantitative estimate of drug-likeness (QED) is 0.621. The summed E-state index contributed by atoms with van der Waals surface area (Å²) >= 11 is 0. The van der Waals surface area contributed by atoms with Gasteiger partial charge in [-0.3, -0.25) is 4.99 Å². The fourth-order valence-electron chi connectivity index (χ4n) is 2.24. The number of aryl methyl sites for hydroxylation is 3. The number of nitrogens with one attached hydrogen (secondary N) is 1. The Kier molecular flexibility index (Phi) is 4.55. The highest BCUT2D eigenvalue weighted by molar-refractivity contribution is 5.80. The largest absolute Gasteiger partial charge is 0.369 e. The van der Waals surface area contributed by atoms with Crippen LogP contribution in [0.1, 0.15) is 49.9 Å². The van der Waals surface area contributed by atoms with Gasteiger partial charge in [0.2, 0.25) is 0 Å². The van der Waals surface area contributed by atoms with Gasteiger partial charge in [-0.05, 0) is 65.2 Å². The molecule has 0 aliphatic heterocycles. The summed E-state index contributed by atoms with van der Waals surface area (Å²) in [6.07, 6.45) is 0. The van der Waals surface area contributed by atoms with Gasteiger partial charge < -0.3 is 5.32 Å². The number of amidine groups is 1. The predicted octanol–water partition coefficient (Wildman–Crippen LogP) is 3.92. The van der Waals surface area contributed by atoms with Crippen LogP contribution in [0.25, 0.3) is 0 Å². The molecule has 0 aromatic heterocycles. The average Bonchev–Trinajstić information content (AvgIpc) is 2.12. The van der Waals surface area contributed by atoms with Crippen LogP contribution >= 0.6 is 0 Å². The Bertz CT molecular complexity index is 428. The number of nitrogens with zero attached hydrogens (tertiary/aromatic N) is 1. The minimum atomic E-state index is 0.0744. The Balaban J connectivity index is 2.83. The molecule has 1 aromatic rings. The van der Waals surface area contributed by atoms with Crippen molar-refractivity contribution < 1.29 is 0 Å². The minimum absolute atomic E-state index is 0.0744. The molecule has 0 aliphatic rings. The Morgan fingerprint density at radius 2 is 1.61 bits per heavy atom. The van der Waals surface area contributed by atoms with Gasteiger partial charge in [0.05, 0.1) is 12.4 Å². The molecule has 0 radical (unpaired) electrons. The molecule has 2 nitrogen and oxygen atoms in total. The number of benzene rings is 1. The summed E-state index contributed by atoms with van der Waals surface area (Å²) < 4.78 is 0. The summed E-state index contributed by atoms with van der Waals surface area (Å²) in [5.74, 6) is 1.00. The van der Waals surface area contributed by atoms with E-state index >= 15 is 0 Å². The highest BCUT2D eigenvalue weighted by Gasteiger charge is 2.09. The molecule has 0 aliphatic carbocycles. The van der Waals surface area contributed by atoms with Crippen LogP contribution in [-0.2, 0) is 6.54 Å². The SMILES string of the molecule is CC(=NCc1c(C)cc(C)cc1C)NC(C)(C)C. The molecular weight excluding hydrogens is 220 g/mol. The third kappa shape index (κ3) is 4.52. The molecule has 0 spiro atoms. The fourth-order valence-corrected chi connectivity index (χ4v) is 2.24. The van der Waals surface area contributed by atoms with Gasteiger partial charge in [-0.1, -0.05) is 17.7 Å². The van der Waals surface area contributed by atoms with Gasteiger partial charge >= 0.3 is 0 Å². The molecule has 1 rings (SSSR count). The van der Waals surface area contributed by atoms with E-state index in [1.165, 1.54) is 22.3 Å². The average molecular weight is 246 g/mol. The van der Waals surface area contributed by atoms with Crippen molar-refractivity contribution in [3.05, 3.63) is 34.4 Å². The van der Waals surface area contributed by atoms with E-state index in [9.17, 15) is 0 Å². The topological polar surface area (TPSA) is 24.4 Å². The van der Waals surface area contributed by atoms with Gasteiger partial charge in [0.25, 0.3) is 0 Å². The molecule has 0 saturated heterocycles. The molecule has 0 heterocycles. The minimum Gasteiger partial charge on any atom is -0.369 e. The van der Waals surface area contributed by atoms with Gasteiger partial charge in [0.15, 0.2) is 0 Å². The molecule has 2 heteroatoms. The number of hydrogen-bond donors (Lipinski definition) is 1.